The number of carbonyl (C=O) groups excluding carboxylic acids is 1. The van der Waals surface area contributed by atoms with E-state index in [1.165, 1.54) is 41.8 Å². The van der Waals surface area contributed by atoms with Gasteiger partial charge in [0.2, 0.25) is 15.9 Å². The molecule has 1 aromatic carbocycles. The van der Waals surface area contributed by atoms with Crippen LogP contribution in [0.5, 0.6) is 0 Å². The minimum atomic E-state index is -3.15. The fourth-order valence-corrected chi connectivity index (χ4v) is 6.69. The average Bonchev–Trinajstić information content (AvgIpc) is 3.25. The summed E-state index contributed by atoms with van der Waals surface area (Å²) in [5, 5.41) is 3.26. The fraction of sp³-hybridized carbons (Fsp3) is 0.708. The van der Waals surface area contributed by atoms with E-state index < -0.39 is 10.0 Å². The summed E-state index contributed by atoms with van der Waals surface area (Å²) in [7, 11) is -3.15. The first-order valence-corrected chi connectivity index (χ1v) is 13.7. The number of nitrogens with one attached hydrogen (secondary N) is 1. The minimum Gasteiger partial charge on any atom is -0.353 e. The molecule has 6 nitrogen and oxygen atoms in total. The molecule has 0 radical (unpaired) electrons. The summed E-state index contributed by atoms with van der Waals surface area (Å²) in [5.41, 5.74) is 1.79. The van der Waals surface area contributed by atoms with Crippen LogP contribution in [-0.4, -0.2) is 68.6 Å². The summed E-state index contributed by atoms with van der Waals surface area (Å²) < 4.78 is 24.8. The highest BCUT2D eigenvalue weighted by Gasteiger charge is 2.38. The van der Waals surface area contributed by atoms with Crippen LogP contribution in [0.15, 0.2) is 30.3 Å². The molecule has 0 spiro atoms. The highest BCUT2D eigenvalue weighted by molar-refractivity contribution is 7.88. The van der Waals surface area contributed by atoms with Crippen molar-refractivity contribution in [3.63, 3.8) is 0 Å². The molecule has 2 aliphatic heterocycles. The SMILES string of the molecule is CS(=O)(=O)N1CCC(C(=O)NC2CCN(CC3(c4ccccc4)CCCC3)CC2)CC1. The molecule has 4 rings (SSSR count). The maximum atomic E-state index is 12.7. The molecule has 31 heavy (non-hydrogen) atoms. The number of carbonyl (C=O) groups is 1. The van der Waals surface area contributed by atoms with E-state index in [0.717, 1.165) is 32.5 Å². The van der Waals surface area contributed by atoms with Gasteiger partial charge in [-0.25, -0.2) is 12.7 Å². The van der Waals surface area contributed by atoms with E-state index in [-0.39, 0.29) is 17.9 Å². The fourth-order valence-electron chi connectivity index (χ4n) is 5.81. The molecule has 0 aromatic heterocycles. The number of sulfonamides is 1. The Labute approximate surface area is 187 Å². The van der Waals surface area contributed by atoms with Crippen molar-refractivity contribution < 1.29 is 13.2 Å². The summed E-state index contributed by atoms with van der Waals surface area (Å²) in [6.45, 7) is 4.10. The molecule has 3 aliphatic rings. The Morgan fingerprint density at radius 2 is 1.61 bits per heavy atom. The van der Waals surface area contributed by atoms with Crippen LogP contribution < -0.4 is 5.32 Å². The van der Waals surface area contributed by atoms with Gasteiger partial charge in [0.05, 0.1) is 6.26 Å². The molecule has 2 heterocycles. The van der Waals surface area contributed by atoms with Crippen molar-refractivity contribution in [1.29, 1.82) is 0 Å². The lowest BCUT2D eigenvalue weighted by molar-refractivity contribution is -0.127. The molecule has 172 valence electrons. The van der Waals surface area contributed by atoms with Crippen molar-refractivity contribution in [2.24, 2.45) is 5.92 Å². The van der Waals surface area contributed by atoms with E-state index in [4.69, 9.17) is 0 Å². The molecule has 2 saturated heterocycles. The average molecular weight is 448 g/mol. The zero-order valence-corrected chi connectivity index (χ0v) is 19.6. The van der Waals surface area contributed by atoms with Crippen molar-refractivity contribution in [3.05, 3.63) is 35.9 Å². The lowest BCUT2D eigenvalue weighted by Gasteiger charge is -2.40. The van der Waals surface area contributed by atoms with Gasteiger partial charge in [-0.05, 0) is 44.1 Å². The van der Waals surface area contributed by atoms with Crippen molar-refractivity contribution in [2.45, 2.75) is 62.8 Å². The molecule has 0 unspecified atom stereocenters. The van der Waals surface area contributed by atoms with Gasteiger partial charge in [0.25, 0.3) is 0 Å². The van der Waals surface area contributed by atoms with E-state index in [2.05, 4.69) is 40.5 Å². The second kappa shape index (κ2) is 9.59. The van der Waals surface area contributed by atoms with Crippen molar-refractivity contribution >= 4 is 15.9 Å². The molecular weight excluding hydrogens is 410 g/mol. The van der Waals surface area contributed by atoms with Crippen molar-refractivity contribution in [1.82, 2.24) is 14.5 Å². The Kier molecular flexibility index (Phi) is 7.04. The Hall–Kier alpha value is -1.44. The second-order valence-corrected chi connectivity index (χ2v) is 11.8. The summed E-state index contributed by atoms with van der Waals surface area (Å²) in [5.74, 6) is 0.0546. The number of hydrogen-bond acceptors (Lipinski definition) is 4. The van der Waals surface area contributed by atoms with Crippen LogP contribution in [0.2, 0.25) is 0 Å². The van der Waals surface area contributed by atoms with Crippen molar-refractivity contribution in [2.75, 3.05) is 39.0 Å². The number of likely N-dealkylation sites (tertiary alicyclic amines) is 1. The third-order valence-electron chi connectivity index (χ3n) is 7.70. The summed E-state index contributed by atoms with van der Waals surface area (Å²) in [6, 6.07) is 11.3. The van der Waals surface area contributed by atoms with Gasteiger partial charge in [-0.15, -0.1) is 0 Å². The van der Waals surface area contributed by atoms with E-state index in [9.17, 15) is 13.2 Å². The van der Waals surface area contributed by atoms with Gasteiger partial charge < -0.3 is 10.2 Å². The number of amides is 1. The summed E-state index contributed by atoms with van der Waals surface area (Å²) in [4.78, 5) is 15.3. The van der Waals surface area contributed by atoms with Crippen LogP contribution in [0.4, 0.5) is 0 Å². The number of rotatable bonds is 6. The normalized spacial score (nSPS) is 24.3. The Balaban J connectivity index is 1.25. The van der Waals surface area contributed by atoms with Gasteiger partial charge in [0.1, 0.15) is 0 Å². The Morgan fingerprint density at radius 3 is 2.19 bits per heavy atom. The molecule has 1 saturated carbocycles. The number of benzene rings is 1. The topological polar surface area (TPSA) is 69.7 Å². The highest BCUT2D eigenvalue weighted by atomic mass is 32.2. The molecule has 3 fully saturated rings. The van der Waals surface area contributed by atoms with Crippen LogP contribution >= 0.6 is 0 Å². The van der Waals surface area contributed by atoms with Gasteiger partial charge in [-0.3, -0.25) is 4.79 Å². The van der Waals surface area contributed by atoms with Gasteiger partial charge >= 0.3 is 0 Å². The molecular formula is C24H37N3O3S. The lowest BCUT2D eigenvalue weighted by Crippen LogP contribution is -2.50. The number of piperidine rings is 2. The standard InChI is InChI=1S/C24H37N3O3S/c1-31(29,30)27-17-9-20(10-18-27)23(28)25-22-11-15-26(16-12-22)19-24(13-5-6-14-24)21-7-3-2-4-8-21/h2-4,7-8,20,22H,5-6,9-19H2,1H3,(H,25,28). The van der Waals surface area contributed by atoms with E-state index in [1.54, 1.807) is 0 Å². The van der Waals surface area contributed by atoms with Crippen molar-refractivity contribution in [3.8, 4) is 0 Å². The molecule has 0 bridgehead atoms. The molecule has 1 aliphatic carbocycles. The predicted octanol–water partition coefficient (Wildman–Crippen LogP) is 2.75. The third kappa shape index (κ3) is 5.49. The third-order valence-corrected chi connectivity index (χ3v) is 9.00. The first kappa shape index (κ1) is 22.7. The highest BCUT2D eigenvalue weighted by Crippen LogP contribution is 2.42. The van der Waals surface area contributed by atoms with Crippen LogP contribution in [0.3, 0.4) is 0 Å². The lowest BCUT2D eigenvalue weighted by atomic mass is 9.78. The smallest absolute Gasteiger partial charge is 0.223 e. The quantitative estimate of drug-likeness (QED) is 0.728. The molecule has 1 N–H and O–H groups in total. The van der Waals surface area contributed by atoms with Crippen LogP contribution in [0.1, 0.15) is 56.9 Å². The molecule has 1 aromatic rings. The maximum absolute atomic E-state index is 12.7. The first-order valence-electron chi connectivity index (χ1n) is 11.9. The minimum absolute atomic E-state index is 0.0594. The summed E-state index contributed by atoms with van der Waals surface area (Å²) in [6.07, 6.45) is 9.68. The predicted molar refractivity (Wildman–Crippen MR) is 123 cm³/mol. The summed E-state index contributed by atoms with van der Waals surface area (Å²) >= 11 is 0. The van der Waals surface area contributed by atoms with Gasteiger partial charge in [0.15, 0.2) is 0 Å². The monoisotopic (exact) mass is 447 g/mol. The Bertz CT molecular complexity index is 836. The van der Waals surface area contributed by atoms with Crippen LogP contribution in [0, 0.1) is 5.92 Å². The first-order chi connectivity index (χ1) is 14.9. The maximum Gasteiger partial charge on any atom is 0.223 e. The Morgan fingerprint density at radius 1 is 1.00 bits per heavy atom. The van der Waals surface area contributed by atoms with Gasteiger partial charge in [-0.2, -0.15) is 0 Å². The number of nitrogens with zero attached hydrogens (tertiary/aromatic N) is 2. The second-order valence-electron chi connectivity index (χ2n) is 9.85. The largest absolute Gasteiger partial charge is 0.353 e. The van der Waals surface area contributed by atoms with Crippen LogP contribution in [-0.2, 0) is 20.2 Å². The van der Waals surface area contributed by atoms with Gasteiger partial charge in [0, 0.05) is 50.1 Å². The van der Waals surface area contributed by atoms with E-state index >= 15 is 0 Å². The zero-order chi connectivity index (χ0) is 21.9. The zero-order valence-electron chi connectivity index (χ0n) is 18.8. The van der Waals surface area contributed by atoms with E-state index in [0.29, 0.717) is 31.3 Å². The number of hydrogen-bond donors (Lipinski definition) is 1. The molecule has 1 amide bonds. The van der Waals surface area contributed by atoms with Crippen LogP contribution in [0.25, 0.3) is 0 Å². The van der Waals surface area contributed by atoms with E-state index in [1.807, 2.05) is 0 Å². The molecule has 7 heteroatoms. The van der Waals surface area contributed by atoms with Gasteiger partial charge in [-0.1, -0.05) is 43.2 Å². The molecule has 0 atom stereocenters.